The number of imidazole rings is 1. The highest BCUT2D eigenvalue weighted by atomic mass is 19.4. The number of nitrogens with two attached hydrogens (primary N) is 1. The number of hydrogen-bond acceptors (Lipinski definition) is 4. The van der Waals surface area contributed by atoms with Gasteiger partial charge in [0.15, 0.2) is 0 Å². The van der Waals surface area contributed by atoms with Crippen LogP contribution in [0.3, 0.4) is 0 Å². The van der Waals surface area contributed by atoms with Crippen molar-refractivity contribution in [3.63, 3.8) is 0 Å². The van der Waals surface area contributed by atoms with E-state index in [0.29, 0.717) is 6.07 Å². The summed E-state index contributed by atoms with van der Waals surface area (Å²) in [5, 5.41) is 0. The molecule has 0 radical (unpaired) electrons. The normalized spacial score (nSPS) is 20.4. The summed E-state index contributed by atoms with van der Waals surface area (Å²) in [4.78, 5) is 21.9. The Morgan fingerprint density at radius 3 is 2.30 bits per heavy atom. The molecule has 4 rings (SSSR count). The Hall–Kier alpha value is -2.79. The number of H-pyrrole nitrogens is 1. The summed E-state index contributed by atoms with van der Waals surface area (Å²) in [5.74, 6) is 0.911. The molecule has 0 bridgehead atoms. The molecule has 6 nitrogen and oxygen atoms in total. The van der Waals surface area contributed by atoms with Crippen LogP contribution >= 0.6 is 0 Å². The fraction of sp³-hybridized carbons (Fsp3) is 0.500. The van der Waals surface area contributed by atoms with Gasteiger partial charge in [-0.05, 0) is 24.3 Å². The molecule has 1 saturated carbocycles. The molecule has 3 N–H and O–H groups in total. The number of carbonyl (C=O) groups excluding carboxylic acids is 1. The summed E-state index contributed by atoms with van der Waals surface area (Å²) in [5.41, 5.74) is 3.91. The lowest BCUT2D eigenvalue weighted by atomic mass is 10.1. The van der Waals surface area contributed by atoms with Crippen LogP contribution in [-0.2, 0) is 17.4 Å². The van der Waals surface area contributed by atoms with Gasteiger partial charge in [0.2, 0.25) is 5.91 Å². The molecule has 164 valence electrons. The van der Waals surface area contributed by atoms with Crippen molar-refractivity contribution in [2.75, 3.05) is 18.8 Å². The molecule has 1 saturated heterocycles. The zero-order valence-corrected chi connectivity index (χ0v) is 15.8. The van der Waals surface area contributed by atoms with Gasteiger partial charge in [0.25, 0.3) is 0 Å². The van der Waals surface area contributed by atoms with Crippen molar-refractivity contribution >= 4 is 11.7 Å². The van der Waals surface area contributed by atoms with Gasteiger partial charge in [0.05, 0.1) is 17.5 Å². The maximum Gasteiger partial charge on any atom is 0.419 e. The summed E-state index contributed by atoms with van der Waals surface area (Å²) in [6, 6.07) is 0.702. The van der Waals surface area contributed by atoms with Crippen LogP contribution in [-0.4, -0.2) is 45.0 Å². The Balaban J connectivity index is 0.000000234. The van der Waals surface area contributed by atoms with E-state index in [1.807, 2.05) is 4.90 Å². The molecule has 30 heavy (non-hydrogen) atoms. The van der Waals surface area contributed by atoms with Crippen molar-refractivity contribution in [1.82, 2.24) is 19.9 Å². The second-order valence-corrected chi connectivity index (χ2v) is 7.37. The van der Waals surface area contributed by atoms with E-state index in [1.54, 1.807) is 6.92 Å². The number of nitrogens with zero attached hydrogens (tertiary/aromatic N) is 3. The highest BCUT2D eigenvalue weighted by Gasteiger charge is 2.45. The van der Waals surface area contributed by atoms with Crippen molar-refractivity contribution in [3.05, 3.63) is 29.8 Å². The van der Waals surface area contributed by atoms with E-state index in [4.69, 9.17) is 5.73 Å². The maximum atomic E-state index is 12.7. The SMILES string of the molecule is CC(=O)N1CC2CC2C1.Nc1ncc(-c2cnc(CC(F)(F)F)[nH]2)cc1C(F)(F)F. The third-order valence-electron chi connectivity index (χ3n) is 4.96. The topological polar surface area (TPSA) is 87.9 Å². The van der Waals surface area contributed by atoms with E-state index < -0.39 is 36.0 Å². The predicted molar refractivity (Wildman–Crippen MR) is 94.8 cm³/mol. The number of amides is 1. The monoisotopic (exact) mass is 435 g/mol. The minimum atomic E-state index is -4.71. The van der Waals surface area contributed by atoms with Crippen LogP contribution in [0.4, 0.5) is 32.2 Å². The molecule has 12 heteroatoms. The van der Waals surface area contributed by atoms with Crippen molar-refractivity contribution in [2.45, 2.75) is 32.1 Å². The van der Waals surface area contributed by atoms with Crippen LogP contribution in [0.2, 0.25) is 0 Å². The number of alkyl halides is 6. The van der Waals surface area contributed by atoms with E-state index in [2.05, 4.69) is 15.0 Å². The van der Waals surface area contributed by atoms with Gasteiger partial charge in [-0.2, -0.15) is 26.3 Å². The Morgan fingerprint density at radius 2 is 1.80 bits per heavy atom. The molecule has 2 aromatic rings. The number of aromatic amines is 1. The number of hydrogen-bond donors (Lipinski definition) is 2. The number of aromatic nitrogens is 3. The summed E-state index contributed by atoms with van der Waals surface area (Å²) < 4.78 is 74.6. The molecule has 2 unspecified atom stereocenters. The van der Waals surface area contributed by atoms with E-state index in [9.17, 15) is 31.1 Å². The summed E-state index contributed by atoms with van der Waals surface area (Å²) in [6.07, 6.45) is -7.07. The lowest BCUT2D eigenvalue weighted by molar-refractivity contribution is -0.137. The average Bonchev–Trinajstić information content (AvgIpc) is 3.00. The van der Waals surface area contributed by atoms with Crippen molar-refractivity contribution in [1.29, 1.82) is 0 Å². The fourth-order valence-corrected chi connectivity index (χ4v) is 3.29. The Morgan fingerprint density at radius 1 is 1.17 bits per heavy atom. The van der Waals surface area contributed by atoms with Gasteiger partial charge in [0, 0.05) is 31.8 Å². The first-order valence-corrected chi connectivity index (χ1v) is 9.02. The Bertz CT molecular complexity index is 913. The molecular formula is C18H19F6N5O. The summed E-state index contributed by atoms with van der Waals surface area (Å²) in [7, 11) is 0. The maximum absolute atomic E-state index is 12.7. The molecule has 1 aliphatic heterocycles. The molecule has 2 fully saturated rings. The standard InChI is InChI=1S/C11H8F6N4.C7H11NO/c12-10(13,14)2-8-19-4-7(21-8)5-1-6(11(15,16)17)9(18)20-3-5;1-5(9)8-3-6-2-7(6)4-8/h1,3-4H,2H2,(H2,18,20)(H,19,21);6-7H,2-4H2,1H3. The first-order valence-electron chi connectivity index (χ1n) is 9.02. The molecule has 2 aromatic heterocycles. The van der Waals surface area contributed by atoms with Crippen LogP contribution in [0.25, 0.3) is 11.3 Å². The van der Waals surface area contributed by atoms with Crippen LogP contribution in [0.1, 0.15) is 24.7 Å². The summed E-state index contributed by atoms with van der Waals surface area (Å²) in [6.45, 7) is 3.74. The second kappa shape index (κ2) is 7.80. The summed E-state index contributed by atoms with van der Waals surface area (Å²) >= 11 is 0. The van der Waals surface area contributed by atoms with E-state index in [0.717, 1.165) is 37.3 Å². The minimum absolute atomic E-state index is 0.00718. The van der Waals surface area contributed by atoms with Crippen molar-refractivity contribution in [3.8, 4) is 11.3 Å². The largest absolute Gasteiger partial charge is 0.419 e. The average molecular weight is 435 g/mol. The van der Waals surface area contributed by atoms with E-state index in [-0.39, 0.29) is 17.2 Å². The van der Waals surface area contributed by atoms with Crippen LogP contribution in [0.15, 0.2) is 18.5 Å². The van der Waals surface area contributed by atoms with Gasteiger partial charge < -0.3 is 15.6 Å². The molecule has 3 heterocycles. The van der Waals surface area contributed by atoms with Gasteiger partial charge in [0.1, 0.15) is 18.1 Å². The Kier molecular flexibility index (Phi) is 5.70. The van der Waals surface area contributed by atoms with Gasteiger partial charge in [-0.25, -0.2) is 9.97 Å². The second-order valence-electron chi connectivity index (χ2n) is 7.37. The predicted octanol–water partition coefficient (Wildman–Crippen LogP) is 3.66. The van der Waals surface area contributed by atoms with Crippen molar-refractivity contribution < 1.29 is 31.1 Å². The third-order valence-corrected chi connectivity index (χ3v) is 4.96. The quantitative estimate of drug-likeness (QED) is 0.705. The van der Waals surface area contributed by atoms with Crippen molar-refractivity contribution in [2.24, 2.45) is 11.8 Å². The number of rotatable bonds is 2. The number of nitrogens with one attached hydrogen (secondary N) is 1. The molecule has 0 aromatic carbocycles. The smallest absolute Gasteiger partial charge is 0.383 e. The molecule has 2 atom stereocenters. The lowest BCUT2D eigenvalue weighted by Gasteiger charge is -2.14. The van der Waals surface area contributed by atoms with Gasteiger partial charge in [-0.3, -0.25) is 4.79 Å². The number of fused-ring (bicyclic) bond motifs is 1. The van der Waals surface area contributed by atoms with Crippen LogP contribution < -0.4 is 5.73 Å². The van der Waals surface area contributed by atoms with Gasteiger partial charge >= 0.3 is 12.4 Å². The van der Waals surface area contributed by atoms with E-state index in [1.165, 1.54) is 6.42 Å². The number of pyridine rings is 1. The number of nitrogen functional groups attached to an aromatic ring is 1. The fourth-order valence-electron chi connectivity index (χ4n) is 3.29. The molecule has 0 spiro atoms. The first kappa shape index (κ1) is 21.9. The molecule has 1 amide bonds. The van der Waals surface area contributed by atoms with Crippen LogP contribution in [0, 0.1) is 11.8 Å². The highest BCUT2D eigenvalue weighted by Crippen LogP contribution is 2.44. The number of carbonyl (C=O) groups is 1. The Labute approximate surface area is 167 Å². The lowest BCUT2D eigenvalue weighted by Crippen LogP contribution is -2.27. The molecule has 2 aliphatic rings. The number of piperidine rings is 1. The number of halogens is 6. The van der Waals surface area contributed by atoms with E-state index >= 15 is 0 Å². The zero-order valence-electron chi connectivity index (χ0n) is 15.8. The molecule has 1 aliphatic carbocycles. The zero-order chi connectivity index (χ0) is 22.3. The molecular weight excluding hydrogens is 416 g/mol. The van der Waals surface area contributed by atoms with Crippen LogP contribution in [0.5, 0.6) is 0 Å². The highest BCUT2D eigenvalue weighted by molar-refractivity contribution is 5.73. The minimum Gasteiger partial charge on any atom is -0.383 e. The number of anilines is 1. The number of likely N-dealkylation sites (tertiary alicyclic amines) is 1. The van der Waals surface area contributed by atoms with Gasteiger partial charge in [-0.1, -0.05) is 0 Å². The first-order chi connectivity index (χ1) is 13.8. The third kappa shape index (κ3) is 5.42. The van der Waals surface area contributed by atoms with Gasteiger partial charge in [-0.15, -0.1) is 0 Å².